The summed E-state index contributed by atoms with van der Waals surface area (Å²) in [7, 11) is 0. The van der Waals surface area contributed by atoms with Gasteiger partial charge in [-0.15, -0.1) is 0 Å². The van der Waals surface area contributed by atoms with E-state index in [0.717, 1.165) is 0 Å². The highest BCUT2D eigenvalue weighted by Crippen LogP contribution is 2.16. The van der Waals surface area contributed by atoms with Crippen LogP contribution in [0, 0.1) is 12.7 Å². The van der Waals surface area contributed by atoms with Crippen LogP contribution in [0.3, 0.4) is 0 Å². The summed E-state index contributed by atoms with van der Waals surface area (Å²) in [5, 5.41) is 4.10. The van der Waals surface area contributed by atoms with Crippen LogP contribution in [-0.4, -0.2) is 27.7 Å². The second-order valence-corrected chi connectivity index (χ2v) is 6.38. The summed E-state index contributed by atoms with van der Waals surface area (Å²) in [4.78, 5) is 36.7. The van der Waals surface area contributed by atoms with Gasteiger partial charge >= 0.3 is 0 Å². The number of benzene rings is 2. The summed E-state index contributed by atoms with van der Waals surface area (Å²) in [6.45, 7) is 3.08. The van der Waals surface area contributed by atoms with E-state index in [1.807, 2.05) is 6.07 Å². The highest BCUT2D eigenvalue weighted by Gasteiger charge is 2.20. The lowest BCUT2D eigenvalue weighted by Gasteiger charge is -2.15. The van der Waals surface area contributed by atoms with E-state index in [1.54, 1.807) is 37.3 Å². The third kappa shape index (κ3) is 4.69. The Balaban J connectivity index is 1.69. The fourth-order valence-corrected chi connectivity index (χ4v) is 2.60. The lowest BCUT2D eigenvalue weighted by Crippen LogP contribution is -2.48. The van der Waals surface area contributed by atoms with E-state index in [-0.39, 0.29) is 5.75 Å². The maximum absolute atomic E-state index is 13.6. The monoisotopic (exact) mass is 410 g/mol. The molecule has 0 aliphatic carbocycles. The second-order valence-electron chi connectivity index (χ2n) is 6.38. The van der Waals surface area contributed by atoms with E-state index >= 15 is 0 Å². The van der Waals surface area contributed by atoms with Crippen LogP contribution in [0.25, 0.3) is 5.69 Å². The molecule has 0 fully saturated rings. The van der Waals surface area contributed by atoms with Crippen LogP contribution in [0.1, 0.15) is 23.1 Å². The molecule has 0 aliphatic heterocycles. The van der Waals surface area contributed by atoms with Crippen LogP contribution in [0.2, 0.25) is 0 Å². The Morgan fingerprint density at radius 2 is 1.73 bits per heavy atom. The Hall–Kier alpha value is -4.01. The summed E-state index contributed by atoms with van der Waals surface area (Å²) in [6.07, 6.45) is -1.10. The number of hydrazine groups is 1. The molecule has 2 N–H and O–H groups in total. The Bertz CT molecular complexity index is 1130. The van der Waals surface area contributed by atoms with Gasteiger partial charge < -0.3 is 4.74 Å². The number of hydrogen-bond acceptors (Lipinski definition) is 5. The van der Waals surface area contributed by atoms with Gasteiger partial charge in [0.1, 0.15) is 0 Å². The molecule has 3 rings (SSSR count). The van der Waals surface area contributed by atoms with Crippen molar-refractivity contribution in [2.24, 2.45) is 0 Å². The minimum atomic E-state index is -1.10. The van der Waals surface area contributed by atoms with Crippen molar-refractivity contribution in [3.05, 3.63) is 88.1 Å². The number of hydrogen-bond donors (Lipinski definition) is 2. The minimum Gasteiger partial charge on any atom is -0.478 e. The van der Waals surface area contributed by atoms with Crippen molar-refractivity contribution < 1.29 is 18.7 Å². The predicted molar refractivity (Wildman–Crippen MR) is 107 cm³/mol. The third-order valence-corrected chi connectivity index (χ3v) is 4.13. The van der Waals surface area contributed by atoms with E-state index in [2.05, 4.69) is 16.0 Å². The zero-order valence-electron chi connectivity index (χ0n) is 16.3. The van der Waals surface area contributed by atoms with E-state index < -0.39 is 34.9 Å². The number of carbonyl (C=O) groups excluding carboxylic acids is 2. The Labute approximate surface area is 171 Å². The largest absolute Gasteiger partial charge is 0.478 e. The van der Waals surface area contributed by atoms with Gasteiger partial charge in [0, 0.05) is 11.8 Å². The maximum Gasteiger partial charge on any atom is 0.294 e. The van der Waals surface area contributed by atoms with Crippen molar-refractivity contribution in [3.63, 3.8) is 0 Å². The summed E-state index contributed by atoms with van der Waals surface area (Å²) in [5.74, 6) is -2.35. The summed E-state index contributed by atoms with van der Waals surface area (Å²) in [5.41, 5.74) is 4.49. The van der Waals surface area contributed by atoms with Crippen molar-refractivity contribution in [1.82, 2.24) is 20.6 Å². The zero-order valence-corrected chi connectivity index (χ0v) is 16.3. The normalized spacial score (nSPS) is 11.4. The molecule has 1 heterocycles. The van der Waals surface area contributed by atoms with Crippen molar-refractivity contribution in [2.75, 3.05) is 0 Å². The molecule has 0 radical (unpaired) electrons. The molecule has 3 aromatic rings. The zero-order chi connectivity index (χ0) is 21.7. The number of para-hydroxylation sites is 2. The van der Waals surface area contributed by atoms with Crippen molar-refractivity contribution in [3.8, 4) is 11.4 Å². The van der Waals surface area contributed by atoms with Crippen LogP contribution in [0.5, 0.6) is 5.75 Å². The summed E-state index contributed by atoms with van der Waals surface area (Å²) in [6, 6.07) is 15.9. The van der Waals surface area contributed by atoms with Gasteiger partial charge in [0.25, 0.3) is 11.8 Å². The van der Waals surface area contributed by atoms with Gasteiger partial charge in [-0.05, 0) is 38.1 Å². The van der Waals surface area contributed by atoms with E-state index in [4.69, 9.17) is 4.74 Å². The number of carbonyl (C=O) groups is 2. The third-order valence-electron chi connectivity index (χ3n) is 4.13. The first-order chi connectivity index (χ1) is 14.4. The highest BCUT2D eigenvalue weighted by molar-refractivity contribution is 5.94. The Morgan fingerprint density at radius 1 is 1.07 bits per heavy atom. The quantitative estimate of drug-likeness (QED) is 0.626. The van der Waals surface area contributed by atoms with Gasteiger partial charge in [0.15, 0.2) is 23.4 Å². The molecular formula is C21H19FN4O4. The van der Waals surface area contributed by atoms with E-state index in [1.165, 1.54) is 35.9 Å². The molecule has 1 atom stereocenters. The molecular weight excluding hydrogens is 391 g/mol. The van der Waals surface area contributed by atoms with Crippen LogP contribution in [0.4, 0.5) is 4.39 Å². The first kappa shape index (κ1) is 20.7. The fourth-order valence-electron chi connectivity index (χ4n) is 2.60. The van der Waals surface area contributed by atoms with E-state index in [0.29, 0.717) is 11.4 Å². The first-order valence-electron chi connectivity index (χ1n) is 9.04. The molecule has 8 nitrogen and oxygen atoms in total. The van der Waals surface area contributed by atoms with Crippen molar-refractivity contribution >= 4 is 11.8 Å². The molecule has 2 amide bonds. The van der Waals surface area contributed by atoms with Crippen molar-refractivity contribution in [1.29, 1.82) is 0 Å². The van der Waals surface area contributed by atoms with Gasteiger partial charge in [0.05, 0.1) is 5.69 Å². The average Bonchev–Trinajstić information content (AvgIpc) is 2.74. The second kappa shape index (κ2) is 8.99. The maximum atomic E-state index is 13.6. The fraction of sp³-hybridized carbons (Fsp3) is 0.143. The molecule has 0 saturated heterocycles. The lowest BCUT2D eigenvalue weighted by atomic mass is 10.3. The lowest BCUT2D eigenvalue weighted by molar-refractivity contribution is -0.128. The molecule has 9 heteroatoms. The number of amides is 2. The van der Waals surface area contributed by atoms with Gasteiger partial charge in [-0.3, -0.25) is 25.2 Å². The number of nitrogens with zero attached hydrogens (tertiary/aromatic N) is 2. The van der Waals surface area contributed by atoms with Crippen LogP contribution in [-0.2, 0) is 4.79 Å². The molecule has 154 valence electrons. The van der Waals surface area contributed by atoms with Crippen LogP contribution >= 0.6 is 0 Å². The topological polar surface area (TPSA) is 102 Å². The van der Waals surface area contributed by atoms with Crippen molar-refractivity contribution in [2.45, 2.75) is 20.0 Å². The summed E-state index contributed by atoms with van der Waals surface area (Å²) < 4.78 is 20.3. The highest BCUT2D eigenvalue weighted by atomic mass is 19.1. The molecule has 30 heavy (non-hydrogen) atoms. The number of aromatic nitrogens is 2. The molecule has 1 aromatic heterocycles. The smallest absolute Gasteiger partial charge is 0.294 e. The standard InChI is InChI=1S/C21H19FN4O4/c1-13-12-17(27)19(25-26(13)15-8-4-3-5-9-15)21(29)24-23-20(28)14(2)30-18-11-7-6-10-16(18)22/h3-12,14H,1-2H3,(H,23,28)(H,24,29)/t14-/m0/s1. The molecule has 0 spiro atoms. The Morgan fingerprint density at radius 3 is 2.43 bits per heavy atom. The van der Waals surface area contributed by atoms with E-state index in [9.17, 15) is 18.8 Å². The Kier molecular flexibility index (Phi) is 6.21. The summed E-state index contributed by atoms with van der Waals surface area (Å²) >= 11 is 0. The van der Waals surface area contributed by atoms with Gasteiger partial charge in [-0.2, -0.15) is 5.10 Å². The first-order valence-corrected chi connectivity index (χ1v) is 9.04. The molecule has 0 aliphatic rings. The SMILES string of the molecule is Cc1cc(=O)c(C(=O)NNC(=O)[C@H](C)Oc2ccccc2F)nn1-c1ccccc1. The number of rotatable bonds is 5. The number of aryl methyl sites for hydroxylation is 1. The predicted octanol–water partition coefficient (Wildman–Crippen LogP) is 1.91. The van der Waals surface area contributed by atoms with Crippen LogP contribution < -0.4 is 21.0 Å². The molecule has 0 bridgehead atoms. The number of ether oxygens (including phenoxy) is 1. The molecule has 2 aromatic carbocycles. The van der Waals surface area contributed by atoms with Crippen LogP contribution in [0.15, 0.2) is 65.5 Å². The van der Waals surface area contributed by atoms with Gasteiger partial charge in [0.2, 0.25) is 5.43 Å². The molecule has 0 saturated carbocycles. The average molecular weight is 410 g/mol. The minimum absolute atomic E-state index is 0.0996. The van der Waals surface area contributed by atoms with Gasteiger partial charge in [-0.25, -0.2) is 9.07 Å². The molecule has 0 unspecified atom stereocenters. The number of nitrogens with one attached hydrogen (secondary N) is 2. The number of halogens is 1. The van der Waals surface area contributed by atoms with Gasteiger partial charge in [-0.1, -0.05) is 30.3 Å².